The lowest BCUT2D eigenvalue weighted by molar-refractivity contribution is -0.386. The lowest BCUT2D eigenvalue weighted by Crippen LogP contribution is -2.15. The van der Waals surface area contributed by atoms with Gasteiger partial charge in [-0.1, -0.05) is 0 Å². The van der Waals surface area contributed by atoms with Gasteiger partial charge in [-0.2, -0.15) is 0 Å². The maximum Gasteiger partial charge on any atom is 0.292 e. The van der Waals surface area contributed by atoms with Crippen molar-refractivity contribution >= 4 is 5.69 Å². The molecule has 0 saturated heterocycles. The third-order valence-corrected chi connectivity index (χ3v) is 2.46. The van der Waals surface area contributed by atoms with Crippen molar-refractivity contribution in [3.05, 3.63) is 34.1 Å². The van der Waals surface area contributed by atoms with Crippen LogP contribution in [0.25, 0.3) is 0 Å². The van der Waals surface area contributed by atoms with Crippen molar-refractivity contribution in [2.75, 3.05) is 0 Å². The van der Waals surface area contributed by atoms with E-state index in [0.717, 1.165) is 12.8 Å². The second-order valence-electron chi connectivity index (χ2n) is 3.53. The molecule has 1 aromatic heterocycles. The van der Waals surface area contributed by atoms with Gasteiger partial charge in [0.05, 0.1) is 11.0 Å². The number of nitro groups is 1. The molecule has 2 N–H and O–H groups in total. The molecule has 2 rings (SSSR count). The Bertz CT molecular complexity index is 363. The molecule has 0 aliphatic heterocycles. The van der Waals surface area contributed by atoms with Gasteiger partial charge in [-0.25, -0.2) is 0 Å². The van der Waals surface area contributed by atoms with Crippen molar-refractivity contribution in [2.45, 2.75) is 18.9 Å². The Labute approximate surface area is 81.1 Å². The maximum absolute atomic E-state index is 10.7. The van der Waals surface area contributed by atoms with E-state index in [9.17, 15) is 10.1 Å². The van der Waals surface area contributed by atoms with E-state index in [-0.39, 0.29) is 11.7 Å². The average Bonchev–Trinajstić information content (AvgIpc) is 3.00. The van der Waals surface area contributed by atoms with Gasteiger partial charge in [0.1, 0.15) is 5.69 Å². The average molecular weight is 193 g/mol. The minimum atomic E-state index is -0.426. The van der Waals surface area contributed by atoms with Crippen LogP contribution in [0.1, 0.15) is 24.6 Å². The molecule has 74 valence electrons. The van der Waals surface area contributed by atoms with Gasteiger partial charge < -0.3 is 5.73 Å². The minimum absolute atomic E-state index is 0.0342. The third-order valence-electron chi connectivity index (χ3n) is 2.46. The van der Waals surface area contributed by atoms with Crippen molar-refractivity contribution in [3.63, 3.8) is 0 Å². The molecule has 0 radical (unpaired) electrons. The van der Waals surface area contributed by atoms with E-state index in [2.05, 4.69) is 4.98 Å². The molecule has 1 aliphatic carbocycles. The van der Waals surface area contributed by atoms with Gasteiger partial charge in [-0.15, -0.1) is 0 Å². The SMILES string of the molecule is NC(c1ncccc1[N+](=O)[O-])C1CC1. The van der Waals surface area contributed by atoms with Crippen LogP contribution in [0.5, 0.6) is 0 Å². The number of aromatic nitrogens is 1. The van der Waals surface area contributed by atoms with E-state index in [1.165, 1.54) is 6.07 Å². The molecule has 1 aromatic rings. The number of rotatable bonds is 3. The highest BCUT2D eigenvalue weighted by molar-refractivity contribution is 5.37. The predicted octanol–water partition coefficient (Wildman–Crippen LogP) is 1.40. The molecule has 1 atom stereocenters. The molecular formula is C9H11N3O2. The largest absolute Gasteiger partial charge is 0.322 e. The standard InChI is InChI=1S/C9H11N3O2/c10-8(6-3-4-6)9-7(12(13)14)2-1-5-11-9/h1-2,5-6,8H,3-4,10H2. The van der Waals surface area contributed by atoms with Crippen molar-refractivity contribution < 1.29 is 4.92 Å². The smallest absolute Gasteiger partial charge is 0.292 e. The van der Waals surface area contributed by atoms with Gasteiger partial charge in [0, 0.05) is 12.3 Å². The highest BCUT2D eigenvalue weighted by Gasteiger charge is 2.34. The molecule has 5 heteroatoms. The molecule has 1 heterocycles. The molecule has 1 aliphatic rings. The number of nitrogens with zero attached hydrogens (tertiary/aromatic N) is 2. The first-order valence-electron chi connectivity index (χ1n) is 4.55. The first kappa shape index (κ1) is 9.08. The van der Waals surface area contributed by atoms with Crippen LogP contribution in [0.2, 0.25) is 0 Å². The lowest BCUT2D eigenvalue weighted by Gasteiger charge is -2.08. The van der Waals surface area contributed by atoms with E-state index >= 15 is 0 Å². The Morgan fingerprint density at radius 3 is 2.93 bits per heavy atom. The summed E-state index contributed by atoms with van der Waals surface area (Å²) >= 11 is 0. The van der Waals surface area contributed by atoms with E-state index in [0.29, 0.717) is 11.6 Å². The number of nitrogens with two attached hydrogens (primary N) is 1. The van der Waals surface area contributed by atoms with Gasteiger partial charge in [-0.3, -0.25) is 15.1 Å². The molecule has 0 aromatic carbocycles. The normalized spacial score (nSPS) is 17.8. The van der Waals surface area contributed by atoms with Crippen molar-refractivity contribution in [1.29, 1.82) is 0 Å². The zero-order valence-electron chi connectivity index (χ0n) is 7.59. The summed E-state index contributed by atoms with van der Waals surface area (Å²) in [6.07, 6.45) is 3.65. The lowest BCUT2D eigenvalue weighted by atomic mass is 10.1. The van der Waals surface area contributed by atoms with E-state index < -0.39 is 4.92 Å². The molecular weight excluding hydrogens is 182 g/mol. The van der Waals surface area contributed by atoms with Crippen molar-refractivity contribution in [1.82, 2.24) is 4.98 Å². The predicted molar refractivity (Wildman–Crippen MR) is 50.5 cm³/mol. The van der Waals surface area contributed by atoms with Crippen molar-refractivity contribution in [3.8, 4) is 0 Å². The fourth-order valence-corrected chi connectivity index (χ4v) is 1.50. The van der Waals surface area contributed by atoms with Crippen LogP contribution in [0, 0.1) is 16.0 Å². The molecule has 14 heavy (non-hydrogen) atoms. The molecule has 1 fully saturated rings. The van der Waals surface area contributed by atoms with Gasteiger partial charge in [-0.05, 0) is 24.8 Å². The highest BCUT2D eigenvalue weighted by atomic mass is 16.6. The Kier molecular flexibility index (Phi) is 2.17. The zero-order valence-corrected chi connectivity index (χ0v) is 7.59. The Morgan fingerprint density at radius 2 is 2.36 bits per heavy atom. The second kappa shape index (κ2) is 3.34. The fourth-order valence-electron chi connectivity index (χ4n) is 1.50. The molecule has 0 amide bonds. The van der Waals surface area contributed by atoms with Crippen LogP contribution in [-0.4, -0.2) is 9.91 Å². The summed E-state index contributed by atoms with van der Waals surface area (Å²) < 4.78 is 0. The first-order valence-corrected chi connectivity index (χ1v) is 4.55. The Hall–Kier alpha value is -1.49. The van der Waals surface area contributed by atoms with Gasteiger partial charge in [0.15, 0.2) is 0 Å². The van der Waals surface area contributed by atoms with Gasteiger partial charge in [0.25, 0.3) is 5.69 Å². The number of hydrogen-bond acceptors (Lipinski definition) is 4. The second-order valence-corrected chi connectivity index (χ2v) is 3.53. The van der Waals surface area contributed by atoms with Gasteiger partial charge in [0.2, 0.25) is 0 Å². The molecule has 1 saturated carbocycles. The molecule has 5 nitrogen and oxygen atoms in total. The summed E-state index contributed by atoms with van der Waals surface area (Å²) in [6, 6.07) is 2.72. The summed E-state index contributed by atoms with van der Waals surface area (Å²) in [6.45, 7) is 0. The van der Waals surface area contributed by atoms with Crippen LogP contribution in [-0.2, 0) is 0 Å². The monoisotopic (exact) mass is 193 g/mol. The summed E-state index contributed by atoms with van der Waals surface area (Å²) in [5, 5.41) is 10.7. The molecule has 0 bridgehead atoms. The first-order chi connectivity index (χ1) is 6.70. The highest BCUT2D eigenvalue weighted by Crippen LogP contribution is 2.40. The number of pyridine rings is 1. The molecule has 1 unspecified atom stereocenters. The van der Waals surface area contributed by atoms with Crippen LogP contribution in [0.4, 0.5) is 5.69 Å². The third kappa shape index (κ3) is 1.58. The van der Waals surface area contributed by atoms with Crippen LogP contribution >= 0.6 is 0 Å². The van der Waals surface area contributed by atoms with E-state index in [1.807, 2.05) is 0 Å². The van der Waals surface area contributed by atoms with Gasteiger partial charge >= 0.3 is 0 Å². The van der Waals surface area contributed by atoms with Crippen LogP contribution in [0.15, 0.2) is 18.3 Å². The Morgan fingerprint density at radius 1 is 1.64 bits per heavy atom. The maximum atomic E-state index is 10.7. The topological polar surface area (TPSA) is 82.0 Å². The zero-order chi connectivity index (χ0) is 10.1. The van der Waals surface area contributed by atoms with Crippen molar-refractivity contribution in [2.24, 2.45) is 11.7 Å². The van der Waals surface area contributed by atoms with Crippen LogP contribution < -0.4 is 5.73 Å². The van der Waals surface area contributed by atoms with Crippen LogP contribution in [0.3, 0.4) is 0 Å². The quantitative estimate of drug-likeness (QED) is 0.581. The van der Waals surface area contributed by atoms with E-state index in [1.54, 1.807) is 12.3 Å². The fraction of sp³-hybridized carbons (Fsp3) is 0.444. The Balaban J connectivity index is 2.34. The number of hydrogen-bond donors (Lipinski definition) is 1. The molecule has 0 spiro atoms. The van der Waals surface area contributed by atoms with E-state index in [4.69, 9.17) is 5.73 Å². The summed E-state index contributed by atoms with van der Waals surface area (Å²) in [4.78, 5) is 14.2. The summed E-state index contributed by atoms with van der Waals surface area (Å²) in [5.74, 6) is 0.378. The summed E-state index contributed by atoms with van der Waals surface area (Å²) in [5.41, 5.74) is 6.32. The summed E-state index contributed by atoms with van der Waals surface area (Å²) in [7, 11) is 0. The minimum Gasteiger partial charge on any atom is -0.322 e.